The molecule has 96 valence electrons. The van der Waals surface area contributed by atoms with Gasteiger partial charge in [0, 0.05) is 13.2 Å². The normalized spacial score (nSPS) is 21.9. The standard InChI is InChI=1S/C14H29NO/c1-4-9-13(15-5-2)14(16-3)12-10-7-6-8-11-12/h12-15H,4-11H2,1-3H3. The average molecular weight is 227 g/mol. The first-order valence-corrected chi connectivity index (χ1v) is 7.09. The monoisotopic (exact) mass is 227 g/mol. The molecule has 0 aromatic rings. The highest BCUT2D eigenvalue weighted by molar-refractivity contribution is 4.84. The molecule has 16 heavy (non-hydrogen) atoms. The van der Waals surface area contributed by atoms with Gasteiger partial charge in [0.2, 0.25) is 0 Å². The molecule has 1 aliphatic rings. The van der Waals surface area contributed by atoms with Crippen LogP contribution < -0.4 is 5.32 Å². The van der Waals surface area contributed by atoms with Crippen molar-refractivity contribution >= 4 is 0 Å². The zero-order valence-corrected chi connectivity index (χ0v) is 11.3. The molecule has 1 aliphatic carbocycles. The van der Waals surface area contributed by atoms with E-state index < -0.39 is 0 Å². The van der Waals surface area contributed by atoms with E-state index in [9.17, 15) is 0 Å². The maximum atomic E-state index is 5.79. The largest absolute Gasteiger partial charge is 0.380 e. The predicted octanol–water partition coefficient (Wildman–Crippen LogP) is 3.36. The fraction of sp³-hybridized carbons (Fsp3) is 1.00. The maximum Gasteiger partial charge on any atom is 0.0752 e. The second-order valence-electron chi connectivity index (χ2n) is 5.05. The van der Waals surface area contributed by atoms with Crippen LogP contribution in [0.4, 0.5) is 0 Å². The summed E-state index contributed by atoms with van der Waals surface area (Å²) in [5.74, 6) is 0.786. The highest BCUT2D eigenvalue weighted by Gasteiger charge is 2.29. The van der Waals surface area contributed by atoms with Crippen LogP contribution in [-0.4, -0.2) is 25.8 Å². The fourth-order valence-electron chi connectivity index (χ4n) is 3.10. The third-order valence-corrected chi connectivity index (χ3v) is 3.85. The smallest absolute Gasteiger partial charge is 0.0752 e. The average Bonchev–Trinajstić information content (AvgIpc) is 2.32. The van der Waals surface area contributed by atoms with Crippen LogP contribution in [-0.2, 0) is 4.74 Å². The summed E-state index contributed by atoms with van der Waals surface area (Å²) in [6.45, 7) is 5.51. The summed E-state index contributed by atoms with van der Waals surface area (Å²) >= 11 is 0. The molecule has 2 unspecified atom stereocenters. The molecule has 2 nitrogen and oxygen atoms in total. The van der Waals surface area contributed by atoms with Gasteiger partial charge in [-0.2, -0.15) is 0 Å². The topological polar surface area (TPSA) is 21.3 Å². The molecule has 0 spiro atoms. The molecule has 0 aliphatic heterocycles. The first-order chi connectivity index (χ1) is 7.83. The third-order valence-electron chi connectivity index (χ3n) is 3.85. The first-order valence-electron chi connectivity index (χ1n) is 7.09. The Balaban J connectivity index is 2.52. The summed E-state index contributed by atoms with van der Waals surface area (Å²) in [4.78, 5) is 0. The van der Waals surface area contributed by atoms with Crippen LogP contribution in [0, 0.1) is 5.92 Å². The molecule has 0 saturated heterocycles. The van der Waals surface area contributed by atoms with E-state index >= 15 is 0 Å². The van der Waals surface area contributed by atoms with Gasteiger partial charge in [0.05, 0.1) is 6.10 Å². The molecule has 0 aromatic carbocycles. The van der Waals surface area contributed by atoms with Crippen molar-refractivity contribution in [1.82, 2.24) is 5.32 Å². The van der Waals surface area contributed by atoms with Gasteiger partial charge in [-0.15, -0.1) is 0 Å². The zero-order chi connectivity index (χ0) is 11.8. The van der Waals surface area contributed by atoms with Crippen LogP contribution in [0.25, 0.3) is 0 Å². The number of ether oxygens (including phenoxy) is 1. The fourth-order valence-corrected chi connectivity index (χ4v) is 3.10. The lowest BCUT2D eigenvalue weighted by Gasteiger charge is -2.35. The van der Waals surface area contributed by atoms with E-state index in [1.807, 2.05) is 7.11 Å². The van der Waals surface area contributed by atoms with Crippen molar-refractivity contribution in [3.63, 3.8) is 0 Å². The van der Waals surface area contributed by atoms with Crippen molar-refractivity contribution in [2.24, 2.45) is 5.92 Å². The van der Waals surface area contributed by atoms with Crippen molar-refractivity contribution in [2.75, 3.05) is 13.7 Å². The molecule has 1 saturated carbocycles. The lowest BCUT2D eigenvalue weighted by atomic mass is 9.81. The van der Waals surface area contributed by atoms with Crippen LogP contribution in [0.2, 0.25) is 0 Å². The van der Waals surface area contributed by atoms with Gasteiger partial charge >= 0.3 is 0 Å². The van der Waals surface area contributed by atoms with E-state index in [1.165, 1.54) is 44.9 Å². The Morgan fingerprint density at radius 1 is 1.19 bits per heavy atom. The third kappa shape index (κ3) is 4.06. The van der Waals surface area contributed by atoms with Crippen LogP contribution in [0.15, 0.2) is 0 Å². The lowest BCUT2D eigenvalue weighted by molar-refractivity contribution is 0.00633. The van der Waals surface area contributed by atoms with E-state index in [1.54, 1.807) is 0 Å². The number of methoxy groups -OCH3 is 1. The summed E-state index contributed by atoms with van der Waals surface area (Å²) in [7, 11) is 1.89. The Bertz CT molecular complexity index is 160. The number of hydrogen-bond donors (Lipinski definition) is 1. The molecule has 2 heteroatoms. The van der Waals surface area contributed by atoms with E-state index in [4.69, 9.17) is 4.74 Å². The van der Waals surface area contributed by atoms with Crippen molar-refractivity contribution in [2.45, 2.75) is 70.9 Å². The number of nitrogens with one attached hydrogen (secondary N) is 1. The minimum atomic E-state index is 0.431. The van der Waals surface area contributed by atoms with E-state index in [0.29, 0.717) is 12.1 Å². The quantitative estimate of drug-likeness (QED) is 0.720. The Morgan fingerprint density at radius 2 is 1.88 bits per heavy atom. The Hall–Kier alpha value is -0.0800. The van der Waals surface area contributed by atoms with E-state index in [-0.39, 0.29) is 0 Å². The Morgan fingerprint density at radius 3 is 2.38 bits per heavy atom. The minimum absolute atomic E-state index is 0.431. The molecule has 0 aromatic heterocycles. The number of hydrogen-bond acceptors (Lipinski definition) is 2. The lowest BCUT2D eigenvalue weighted by Crippen LogP contribution is -2.45. The van der Waals surface area contributed by atoms with Crippen LogP contribution in [0.5, 0.6) is 0 Å². The Kier molecular flexibility index (Phi) is 7.06. The summed E-state index contributed by atoms with van der Waals surface area (Å²) in [5, 5.41) is 3.61. The van der Waals surface area contributed by atoms with Crippen molar-refractivity contribution in [3.8, 4) is 0 Å². The molecule has 0 amide bonds. The molecule has 1 N–H and O–H groups in total. The molecular weight excluding hydrogens is 198 g/mol. The summed E-state index contributed by atoms with van der Waals surface area (Å²) in [5.41, 5.74) is 0. The molecule has 0 radical (unpaired) electrons. The van der Waals surface area contributed by atoms with E-state index in [0.717, 1.165) is 12.5 Å². The molecular formula is C14H29NO. The molecule has 2 atom stereocenters. The number of likely N-dealkylation sites (N-methyl/N-ethyl adjacent to an activating group) is 1. The highest BCUT2D eigenvalue weighted by Crippen LogP contribution is 2.30. The van der Waals surface area contributed by atoms with Gasteiger partial charge in [-0.05, 0) is 31.7 Å². The molecule has 1 rings (SSSR count). The van der Waals surface area contributed by atoms with Crippen molar-refractivity contribution in [1.29, 1.82) is 0 Å². The zero-order valence-electron chi connectivity index (χ0n) is 11.3. The first kappa shape index (κ1) is 14.0. The molecule has 1 fully saturated rings. The van der Waals surface area contributed by atoms with E-state index in [2.05, 4.69) is 19.2 Å². The van der Waals surface area contributed by atoms with Gasteiger partial charge in [-0.3, -0.25) is 0 Å². The van der Waals surface area contributed by atoms with Crippen LogP contribution in [0.1, 0.15) is 58.8 Å². The second-order valence-corrected chi connectivity index (χ2v) is 5.05. The van der Waals surface area contributed by atoms with Crippen LogP contribution >= 0.6 is 0 Å². The number of rotatable bonds is 7. The van der Waals surface area contributed by atoms with Gasteiger partial charge in [0.15, 0.2) is 0 Å². The minimum Gasteiger partial charge on any atom is -0.380 e. The summed E-state index contributed by atoms with van der Waals surface area (Å²) in [6, 6.07) is 0.558. The highest BCUT2D eigenvalue weighted by atomic mass is 16.5. The molecule has 0 heterocycles. The maximum absolute atomic E-state index is 5.79. The second kappa shape index (κ2) is 8.08. The van der Waals surface area contributed by atoms with Gasteiger partial charge in [-0.25, -0.2) is 0 Å². The Labute approximate surface area is 101 Å². The molecule has 0 bridgehead atoms. The van der Waals surface area contributed by atoms with Gasteiger partial charge in [-0.1, -0.05) is 39.5 Å². The summed E-state index contributed by atoms with van der Waals surface area (Å²) < 4.78 is 5.79. The van der Waals surface area contributed by atoms with Gasteiger partial charge < -0.3 is 10.1 Å². The predicted molar refractivity (Wildman–Crippen MR) is 69.7 cm³/mol. The summed E-state index contributed by atoms with van der Waals surface area (Å²) in [6.07, 6.45) is 9.86. The van der Waals surface area contributed by atoms with Gasteiger partial charge in [0.25, 0.3) is 0 Å². The van der Waals surface area contributed by atoms with Gasteiger partial charge in [0.1, 0.15) is 0 Å². The van der Waals surface area contributed by atoms with Crippen molar-refractivity contribution < 1.29 is 4.74 Å². The van der Waals surface area contributed by atoms with Crippen molar-refractivity contribution in [3.05, 3.63) is 0 Å². The SMILES string of the molecule is CCCC(NCC)C(OC)C1CCCCC1. The van der Waals surface area contributed by atoms with Crippen LogP contribution in [0.3, 0.4) is 0 Å².